The summed E-state index contributed by atoms with van der Waals surface area (Å²) < 4.78 is 55.0. The Morgan fingerprint density at radius 1 is 1.08 bits per heavy atom. The van der Waals surface area contributed by atoms with E-state index in [1.54, 1.807) is 0 Å². The molecule has 1 saturated heterocycles. The molecular formula is C24H32F4N4O6. The molecule has 0 spiro atoms. The van der Waals surface area contributed by atoms with E-state index in [2.05, 4.69) is 26.0 Å². The van der Waals surface area contributed by atoms with Crippen LogP contribution in [0.2, 0.25) is 0 Å². The minimum atomic E-state index is -5.07. The third-order valence-electron chi connectivity index (χ3n) is 8.20. The molecule has 212 valence electrons. The average Bonchev–Trinajstić information content (AvgIpc) is 3.17. The predicted octanol–water partition coefficient (Wildman–Crippen LogP) is 0.929. The SMILES string of the molecule is CC1(C[C@H](NC(=O)C(=O)NC23CC(F)(C2)C3)C(=O)N[C@@H](C[C@@H]2CCNC2=O)C(=O)COC(F)(F)F)CCC1. The van der Waals surface area contributed by atoms with Gasteiger partial charge in [0.25, 0.3) is 0 Å². The van der Waals surface area contributed by atoms with Crippen LogP contribution < -0.4 is 21.3 Å². The van der Waals surface area contributed by atoms with Gasteiger partial charge in [0.1, 0.15) is 18.3 Å². The normalized spacial score (nSPS) is 30.4. The lowest BCUT2D eigenvalue weighted by atomic mass is 9.47. The number of amides is 4. The Labute approximate surface area is 216 Å². The Morgan fingerprint density at radius 3 is 2.24 bits per heavy atom. The van der Waals surface area contributed by atoms with Gasteiger partial charge in [-0.05, 0) is 37.5 Å². The van der Waals surface area contributed by atoms with Gasteiger partial charge >= 0.3 is 18.2 Å². The van der Waals surface area contributed by atoms with E-state index in [0.717, 1.165) is 19.3 Å². The topological polar surface area (TPSA) is 143 Å². The van der Waals surface area contributed by atoms with Gasteiger partial charge in [-0.1, -0.05) is 13.3 Å². The molecule has 5 aliphatic rings. The molecule has 38 heavy (non-hydrogen) atoms. The van der Waals surface area contributed by atoms with Crippen molar-refractivity contribution in [3.05, 3.63) is 0 Å². The summed E-state index contributed by atoms with van der Waals surface area (Å²) in [6.07, 6.45) is -2.07. The lowest BCUT2D eigenvalue weighted by Gasteiger charge is -2.65. The molecule has 14 heteroatoms. The van der Waals surface area contributed by atoms with Gasteiger partial charge in [-0.2, -0.15) is 0 Å². The van der Waals surface area contributed by atoms with Crippen molar-refractivity contribution in [1.82, 2.24) is 21.3 Å². The molecule has 0 aromatic rings. The minimum absolute atomic E-state index is 0.125. The van der Waals surface area contributed by atoms with E-state index in [9.17, 15) is 41.5 Å². The van der Waals surface area contributed by atoms with Gasteiger partial charge in [0.2, 0.25) is 11.8 Å². The molecule has 4 N–H and O–H groups in total. The summed E-state index contributed by atoms with van der Waals surface area (Å²) >= 11 is 0. The molecule has 4 saturated carbocycles. The van der Waals surface area contributed by atoms with Crippen LogP contribution in [-0.2, 0) is 28.7 Å². The number of nitrogens with one attached hydrogen (secondary N) is 4. The molecule has 1 heterocycles. The van der Waals surface area contributed by atoms with Crippen molar-refractivity contribution in [2.45, 2.75) is 94.4 Å². The zero-order chi connectivity index (χ0) is 27.9. The third kappa shape index (κ3) is 6.44. The molecule has 0 aromatic heterocycles. The Morgan fingerprint density at radius 2 is 1.74 bits per heavy atom. The van der Waals surface area contributed by atoms with E-state index >= 15 is 0 Å². The van der Waals surface area contributed by atoms with E-state index in [-0.39, 0.29) is 43.4 Å². The highest BCUT2D eigenvalue weighted by atomic mass is 19.4. The van der Waals surface area contributed by atoms with Gasteiger partial charge in [-0.3, -0.25) is 28.7 Å². The number of carbonyl (C=O) groups is 5. The largest absolute Gasteiger partial charge is 0.522 e. The van der Waals surface area contributed by atoms with Crippen LogP contribution in [0, 0.1) is 11.3 Å². The van der Waals surface area contributed by atoms with Crippen LogP contribution in [0.4, 0.5) is 17.6 Å². The number of Topliss-reactive ketones (excluding diaryl/α,β-unsaturated/α-hetero) is 1. The fourth-order valence-corrected chi connectivity index (χ4v) is 5.96. The fraction of sp³-hybridized carbons (Fsp3) is 0.792. The van der Waals surface area contributed by atoms with Crippen LogP contribution in [0.5, 0.6) is 0 Å². The number of alkyl halides is 4. The van der Waals surface area contributed by atoms with Crippen LogP contribution >= 0.6 is 0 Å². The lowest BCUT2D eigenvalue weighted by Crippen LogP contribution is -2.77. The first-order valence-corrected chi connectivity index (χ1v) is 12.7. The van der Waals surface area contributed by atoms with E-state index in [1.165, 1.54) is 0 Å². The van der Waals surface area contributed by atoms with Crippen LogP contribution in [0.1, 0.15) is 64.7 Å². The molecule has 3 atom stereocenters. The highest BCUT2D eigenvalue weighted by Gasteiger charge is 2.70. The zero-order valence-electron chi connectivity index (χ0n) is 21.0. The van der Waals surface area contributed by atoms with Crippen molar-refractivity contribution in [3.63, 3.8) is 0 Å². The summed E-state index contributed by atoms with van der Waals surface area (Å²) in [5.74, 6) is -5.17. The Bertz CT molecular complexity index is 995. The number of hydrogen-bond acceptors (Lipinski definition) is 6. The summed E-state index contributed by atoms with van der Waals surface area (Å²) in [4.78, 5) is 63.0. The van der Waals surface area contributed by atoms with Crippen molar-refractivity contribution >= 4 is 29.4 Å². The van der Waals surface area contributed by atoms with Crippen molar-refractivity contribution in [2.24, 2.45) is 11.3 Å². The second-order valence-electron chi connectivity index (χ2n) is 11.6. The lowest BCUT2D eigenvalue weighted by molar-refractivity contribution is -0.321. The standard InChI is InChI=1S/C24H32F4N4O6/c1-21(4-2-5-21)8-15(31-19(36)20(37)32-23-10-22(25,11-23)12-23)18(35)30-14(7-13-3-6-29-17(13)34)16(33)9-38-24(26,27)28/h13-15H,2-12H2,1H3,(H,29,34)(H,30,35)(H,31,36)(H,32,37)/t13-,14-,15-,22?,23?/m0/s1. The molecule has 4 aliphatic carbocycles. The predicted molar refractivity (Wildman–Crippen MR) is 122 cm³/mol. The van der Waals surface area contributed by atoms with Crippen molar-refractivity contribution in [3.8, 4) is 0 Å². The Hall–Kier alpha value is -2.77. The average molecular weight is 549 g/mol. The van der Waals surface area contributed by atoms with Crippen molar-refractivity contribution in [1.29, 1.82) is 0 Å². The molecule has 5 fully saturated rings. The van der Waals surface area contributed by atoms with Crippen LogP contribution in [-0.4, -0.2) is 72.2 Å². The van der Waals surface area contributed by atoms with Gasteiger partial charge in [-0.15, -0.1) is 13.2 Å². The first-order chi connectivity index (χ1) is 17.6. The molecule has 1 aliphatic heterocycles. The molecular weight excluding hydrogens is 516 g/mol. The third-order valence-corrected chi connectivity index (χ3v) is 8.20. The van der Waals surface area contributed by atoms with Gasteiger partial charge in [-0.25, -0.2) is 4.39 Å². The quantitative estimate of drug-likeness (QED) is 0.224. The van der Waals surface area contributed by atoms with Gasteiger partial charge < -0.3 is 21.3 Å². The monoisotopic (exact) mass is 548 g/mol. The maximum absolute atomic E-state index is 13.8. The maximum Gasteiger partial charge on any atom is 0.522 e. The first kappa shape index (κ1) is 28.2. The first-order valence-electron chi connectivity index (χ1n) is 12.7. The van der Waals surface area contributed by atoms with E-state index in [4.69, 9.17) is 0 Å². The fourth-order valence-electron chi connectivity index (χ4n) is 5.96. The van der Waals surface area contributed by atoms with Gasteiger partial charge in [0.05, 0.1) is 6.04 Å². The minimum Gasteiger partial charge on any atom is -0.356 e. The molecule has 10 nitrogen and oxygen atoms in total. The van der Waals surface area contributed by atoms with Crippen LogP contribution in [0.3, 0.4) is 0 Å². The number of ketones is 1. The number of carbonyl (C=O) groups excluding carboxylic acids is 5. The van der Waals surface area contributed by atoms with E-state index in [1.807, 2.05) is 6.92 Å². The van der Waals surface area contributed by atoms with E-state index < -0.39 is 65.7 Å². The molecule has 0 aromatic carbocycles. The number of ether oxygens (including phenoxy) is 1. The molecule has 4 amide bonds. The molecule has 2 bridgehead atoms. The van der Waals surface area contributed by atoms with Crippen molar-refractivity contribution in [2.75, 3.05) is 13.2 Å². The molecule has 0 radical (unpaired) electrons. The number of halogens is 4. The second kappa shape index (κ2) is 10.1. The summed E-state index contributed by atoms with van der Waals surface area (Å²) in [5.41, 5.74) is -2.37. The summed E-state index contributed by atoms with van der Waals surface area (Å²) in [6, 6.07) is -2.75. The zero-order valence-corrected chi connectivity index (χ0v) is 21.0. The van der Waals surface area contributed by atoms with Gasteiger partial charge in [0.15, 0.2) is 5.78 Å². The van der Waals surface area contributed by atoms with Crippen molar-refractivity contribution < 1.29 is 46.3 Å². The highest BCUT2D eigenvalue weighted by molar-refractivity contribution is 6.35. The van der Waals surface area contributed by atoms with E-state index in [0.29, 0.717) is 13.0 Å². The second-order valence-corrected chi connectivity index (χ2v) is 11.6. The summed E-state index contributed by atoms with van der Waals surface area (Å²) in [7, 11) is 0. The number of hydrogen-bond donors (Lipinski definition) is 4. The number of rotatable bonds is 11. The summed E-state index contributed by atoms with van der Waals surface area (Å²) in [6.45, 7) is 0.862. The Balaban J connectivity index is 1.43. The smallest absolute Gasteiger partial charge is 0.356 e. The highest BCUT2D eigenvalue weighted by Crippen LogP contribution is 2.62. The summed E-state index contributed by atoms with van der Waals surface area (Å²) in [5, 5.41) is 9.85. The van der Waals surface area contributed by atoms with Crippen LogP contribution in [0.15, 0.2) is 0 Å². The maximum atomic E-state index is 13.8. The van der Waals surface area contributed by atoms with Gasteiger partial charge in [0, 0.05) is 37.3 Å². The molecule has 5 rings (SSSR count). The van der Waals surface area contributed by atoms with Crippen LogP contribution in [0.25, 0.3) is 0 Å². The Kier molecular flexibility index (Phi) is 7.49. The molecule has 0 unspecified atom stereocenters.